The zero-order chi connectivity index (χ0) is 18.2. The summed E-state index contributed by atoms with van der Waals surface area (Å²) in [6, 6.07) is 6.80. The zero-order valence-electron chi connectivity index (χ0n) is 15.3. The fourth-order valence-electron chi connectivity index (χ4n) is 2.71. The lowest BCUT2D eigenvalue weighted by atomic mass is 10.1. The minimum Gasteiger partial charge on any atom is -0.497 e. The van der Waals surface area contributed by atoms with Crippen molar-refractivity contribution < 1.29 is 19.1 Å². The Hall–Kier alpha value is -2.08. The van der Waals surface area contributed by atoms with E-state index in [0.29, 0.717) is 30.3 Å². The molecule has 0 aromatic heterocycles. The topological polar surface area (TPSA) is 67.9 Å². The van der Waals surface area contributed by atoms with Gasteiger partial charge in [-0.25, -0.2) is 0 Å². The first-order valence-corrected chi connectivity index (χ1v) is 8.81. The van der Waals surface area contributed by atoms with E-state index < -0.39 is 0 Å². The molecule has 0 radical (unpaired) electrons. The number of nitrogens with one attached hydrogen (secondary N) is 1. The number of carbonyl (C=O) groups is 2. The van der Waals surface area contributed by atoms with E-state index in [1.807, 2.05) is 0 Å². The van der Waals surface area contributed by atoms with Crippen LogP contribution in [-0.4, -0.2) is 56.2 Å². The maximum absolute atomic E-state index is 12.3. The minimum atomic E-state index is -0.258. The van der Waals surface area contributed by atoms with Gasteiger partial charge in [0.25, 0.3) is 5.91 Å². The van der Waals surface area contributed by atoms with Crippen molar-refractivity contribution in [3.05, 3.63) is 29.8 Å². The Labute approximate surface area is 149 Å². The molecular weight excluding hydrogens is 320 g/mol. The minimum absolute atomic E-state index is 0.0163. The second kappa shape index (κ2) is 9.42. The summed E-state index contributed by atoms with van der Waals surface area (Å²) in [7, 11) is 1.57. The van der Waals surface area contributed by atoms with Crippen molar-refractivity contribution in [3.8, 4) is 5.75 Å². The molecule has 1 fully saturated rings. The van der Waals surface area contributed by atoms with Crippen molar-refractivity contribution in [2.45, 2.75) is 32.8 Å². The van der Waals surface area contributed by atoms with E-state index in [0.717, 1.165) is 19.4 Å². The lowest BCUT2D eigenvalue weighted by Crippen LogP contribution is -2.45. The van der Waals surface area contributed by atoms with Crippen molar-refractivity contribution in [1.29, 1.82) is 0 Å². The van der Waals surface area contributed by atoms with Crippen LogP contribution in [0.25, 0.3) is 0 Å². The van der Waals surface area contributed by atoms with Crippen LogP contribution < -0.4 is 10.1 Å². The van der Waals surface area contributed by atoms with Gasteiger partial charge in [-0.3, -0.25) is 9.59 Å². The average Bonchev–Trinajstić information content (AvgIpc) is 2.64. The van der Waals surface area contributed by atoms with Crippen molar-refractivity contribution in [2.24, 2.45) is 5.92 Å². The lowest BCUT2D eigenvalue weighted by molar-refractivity contribution is -0.132. The highest BCUT2D eigenvalue weighted by Gasteiger charge is 2.23. The molecule has 1 aliphatic heterocycles. The third kappa shape index (κ3) is 6.05. The average molecular weight is 348 g/mol. The molecule has 0 bridgehead atoms. The van der Waals surface area contributed by atoms with E-state index in [9.17, 15) is 9.59 Å². The van der Waals surface area contributed by atoms with E-state index in [2.05, 4.69) is 19.2 Å². The zero-order valence-corrected chi connectivity index (χ0v) is 15.3. The van der Waals surface area contributed by atoms with E-state index in [1.54, 1.807) is 36.3 Å². The molecule has 1 aliphatic rings. The van der Waals surface area contributed by atoms with Crippen LogP contribution in [0, 0.1) is 5.92 Å². The van der Waals surface area contributed by atoms with E-state index in [4.69, 9.17) is 9.47 Å². The molecule has 1 aromatic carbocycles. The molecule has 6 heteroatoms. The quantitative estimate of drug-likeness (QED) is 0.819. The molecule has 138 valence electrons. The van der Waals surface area contributed by atoms with Crippen molar-refractivity contribution in [3.63, 3.8) is 0 Å². The molecule has 1 N–H and O–H groups in total. The maximum atomic E-state index is 12.3. The van der Waals surface area contributed by atoms with Crippen LogP contribution in [0.2, 0.25) is 0 Å². The Balaban J connectivity index is 1.72. The summed E-state index contributed by atoms with van der Waals surface area (Å²) >= 11 is 0. The molecule has 25 heavy (non-hydrogen) atoms. The summed E-state index contributed by atoms with van der Waals surface area (Å²) in [5.41, 5.74) is 0.509. The number of carbonyl (C=O) groups excluding carboxylic acids is 2. The predicted octanol–water partition coefficient (Wildman–Crippen LogP) is 2.09. The number of hydrogen-bond acceptors (Lipinski definition) is 4. The second-order valence-corrected chi connectivity index (χ2v) is 6.72. The number of benzene rings is 1. The van der Waals surface area contributed by atoms with Crippen LogP contribution in [0.15, 0.2) is 24.3 Å². The van der Waals surface area contributed by atoms with Crippen LogP contribution in [0.4, 0.5) is 0 Å². The van der Waals surface area contributed by atoms with Gasteiger partial charge in [-0.2, -0.15) is 0 Å². The third-order valence-corrected chi connectivity index (χ3v) is 4.21. The van der Waals surface area contributed by atoms with Gasteiger partial charge in [0.2, 0.25) is 5.91 Å². The lowest BCUT2D eigenvalue weighted by Gasteiger charge is -2.32. The monoisotopic (exact) mass is 348 g/mol. The molecule has 1 aromatic rings. The summed E-state index contributed by atoms with van der Waals surface area (Å²) in [5, 5.41) is 2.68. The van der Waals surface area contributed by atoms with E-state index in [-0.39, 0.29) is 24.5 Å². The molecular formula is C19H28N2O4. The Bertz CT molecular complexity index is 563. The molecule has 0 atom stereocenters. The Morgan fingerprint density at radius 2 is 1.84 bits per heavy atom. The highest BCUT2D eigenvalue weighted by Crippen LogP contribution is 2.15. The fraction of sp³-hybridized carbons (Fsp3) is 0.579. The molecule has 6 nitrogen and oxygen atoms in total. The molecule has 0 spiro atoms. The highest BCUT2D eigenvalue weighted by molar-refractivity contribution is 5.96. The third-order valence-electron chi connectivity index (χ3n) is 4.21. The van der Waals surface area contributed by atoms with Gasteiger partial charge in [0.1, 0.15) is 5.75 Å². The molecule has 0 saturated carbocycles. The predicted molar refractivity (Wildman–Crippen MR) is 95.7 cm³/mol. The number of methoxy groups -OCH3 is 1. The van der Waals surface area contributed by atoms with Crippen molar-refractivity contribution in [1.82, 2.24) is 10.2 Å². The first-order valence-electron chi connectivity index (χ1n) is 8.81. The maximum Gasteiger partial charge on any atom is 0.251 e. The van der Waals surface area contributed by atoms with Crippen LogP contribution in [-0.2, 0) is 9.53 Å². The van der Waals surface area contributed by atoms with Gasteiger partial charge in [0, 0.05) is 25.3 Å². The number of hydrogen-bond donors (Lipinski definition) is 1. The number of piperidine rings is 1. The van der Waals surface area contributed by atoms with Crippen LogP contribution in [0.3, 0.4) is 0 Å². The number of ether oxygens (including phenoxy) is 2. The summed E-state index contributed by atoms with van der Waals surface area (Å²) < 4.78 is 10.9. The molecule has 0 aliphatic carbocycles. The Morgan fingerprint density at radius 1 is 1.20 bits per heavy atom. The number of rotatable bonds is 7. The molecule has 0 unspecified atom stereocenters. The van der Waals surface area contributed by atoms with Crippen LogP contribution in [0.5, 0.6) is 5.75 Å². The second-order valence-electron chi connectivity index (χ2n) is 6.72. The van der Waals surface area contributed by atoms with E-state index >= 15 is 0 Å². The normalized spacial score (nSPS) is 15.3. The van der Waals surface area contributed by atoms with Crippen LogP contribution in [0.1, 0.15) is 37.0 Å². The van der Waals surface area contributed by atoms with Gasteiger partial charge in [-0.05, 0) is 43.0 Å². The van der Waals surface area contributed by atoms with Gasteiger partial charge in [0.05, 0.1) is 19.8 Å². The van der Waals surface area contributed by atoms with E-state index in [1.165, 1.54) is 0 Å². The van der Waals surface area contributed by atoms with Gasteiger partial charge < -0.3 is 19.7 Å². The van der Waals surface area contributed by atoms with Gasteiger partial charge in [-0.1, -0.05) is 13.8 Å². The largest absolute Gasteiger partial charge is 0.497 e. The molecule has 1 heterocycles. The number of amides is 2. The first kappa shape index (κ1) is 19.2. The number of nitrogens with zero attached hydrogens (tertiary/aromatic N) is 1. The smallest absolute Gasteiger partial charge is 0.251 e. The summed E-state index contributed by atoms with van der Waals surface area (Å²) in [6.45, 7) is 6.40. The fourth-order valence-corrected chi connectivity index (χ4v) is 2.71. The van der Waals surface area contributed by atoms with Gasteiger partial charge in [-0.15, -0.1) is 0 Å². The standard InChI is InChI=1S/C19H28N2O4/c1-14(2)13-25-17-8-10-21(11-9-17)18(22)12-20-19(23)15-4-6-16(24-3)7-5-15/h4-7,14,17H,8-13H2,1-3H3,(H,20,23). The molecule has 2 rings (SSSR count). The Kier molecular flexibility index (Phi) is 7.25. The van der Waals surface area contributed by atoms with Gasteiger partial charge in [0.15, 0.2) is 0 Å². The van der Waals surface area contributed by atoms with Crippen molar-refractivity contribution in [2.75, 3.05) is 33.4 Å². The van der Waals surface area contributed by atoms with Crippen molar-refractivity contribution >= 4 is 11.8 Å². The van der Waals surface area contributed by atoms with Gasteiger partial charge >= 0.3 is 0 Å². The Morgan fingerprint density at radius 3 is 2.40 bits per heavy atom. The summed E-state index contributed by atoms with van der Waals surface area (Å²) in [6.07, 6.45) is 1.94. The summed E-state index contributed by atoms with van der Waals surface area (Å²) in [5.74, 6) is 0.901. The molecule has 1 saturated heterocycles. The molecule has 2 amide bonds. The van der Waals surface area contributed by atoms with Crippen LogP contribution >= 0.6 is 0 Å². The summed E-state index contributed by atoms with van der Waals surface area (Å²) in [4.78, 5) is 26.1. The number of likely N-dealkylation sites (tertiary alicyclic amines) is 1. The highest BCUT2D eigenvalue weighted by atomic mass is 16.5. The first-order chi connectivity index (χ1) is 12.0. The SMILES string of the molecule is COc1ccc(C(=O)NCC(=O)N2CCC(OCC(C)C)CC2)cc1.